The summed E-state index contributed by atoms with van der Waals surface area (Å²) >= 11 is 0. The van der Waals surface area contributed by atoms with E-state index in [1.165, 1.54) is 18.9 Å². The average molecular weight is 221 g/mol. The van der Waals surface area contributed by atoms with E-state index in [4.69, 9.17) is 0 Å². The molecule has 0 radical (unpaired) electrons. The van der Waals surface area contributed by atoms with Crippen molar-refractivity contribution in [2.45, 2.75) is 39.2 Å². The number of hydrogen-bond donors (Lipinski definition) is 1. The van der Waals surface area contributed by atoms with Crippen molar-refractivity contribution >= 4 is 0 Å². The topological polar surface area (TPSA) is 12.0 Å². The fourth-order valence-electron chi connectivity index (χ4n) is 2.23. The predicted octanol–water partition coefficient (Wildman–Crippen LogP) is 3.67. The van der Waals surface area contributed by atoms with Crippen LogP contribution in [0.4, 0.5) is 4.39 Å². The smallest absolute Gasteiger partial charge is 0.123 e. The highest BCUT2D eigenvalue weighted by atomic mass is 19.1. The summed E-state index contributed by atoms with van der Waals surface area (Å²) in [5.74, 6) is -0.134. The highest BCUT2D eigenvalue weighted by Gasteiger charge is 2.45. The summed E-state index contributed by atoms with van der Waals surface area (Å²) in [6, 6.07) is 7.31. The lowest BCUT2D eigenvalue weighted by Gasteiger charge is -2.25. The van der Waals surface area contributed by atoms with Gasteiger partial charge in [-0.1, -0.05) is 26.0 Å². The van der Waals surface area contributed by atoms with Gasteiger partial charge in [0.15, 0.2) is 0 Å². The third-order valence-electron chi connectivity index (χ3n) is 3.52. The largest absolute Gasteiger partial charge is 0.309 e. The lowest BCUT2D eigenvalue weighted by molar-refractivity contribution is 0.365. The molecule has 1 fully saturated rings. The maximum Gasteiger partial charge on any atom is 0.123 e. The predicted molar refractivity (Wildman–Crippen MR) is 64.8 cm³/mol. The molecule has 0 heterocycles. The van der Waals surface area contributed by atoms with Gasteiger partial charge in [-0.3, -0.25) is 0 Å². The van der Waals surface area contributed by atoms with Crippen molar-refractivity contribution in [3.05, 3.63) is 35.6 Å². The summed E-state index contributed by atoms with van der Waals surface area (Å²) < 4.78 is 13.2. The van der Waals surface area contributed by atoms with E-state index in [0.717, 1.165) is 18.5 Å². The van der Waals surface area contributed by atoms with E-state index in [1.807, 2.05) is 6.07 Å². The summed E-state index contributed by atoms with van der Waals surface area (Å²) in [5.41, 5.74) is 1.43. The van der Waals surface area contributed by atoms with Crippen LogP contribution in [0.2, 0.25) is 0 Å². The summed E-state index contributed by atoms with van der Waals surface area (Å²) in [5, 5.41) is 3.55. The van der Waals surface area contributed by atoms with E-state index < -0.39 is 0 Å². The monoisotopic (exact) mass is 221 g/mol. The van der Waals surface area contributed by atoms with E-state index in [9.17, 15) is 4.39 Å². The molecule has 1 saturated carbocycles. The van der Waals surface area contributed by atoms with Crippen molar-refractivity contribution < 1.29 is 4.39 Å². The summed E-state index contributed by atoms with van der Waals surface area (Å²) in [6.45, 7) is 5.44. The average Bonchev–Trinajstić information content (AvgIpc) is 2.98. The fraction of sp³-hybridized carbons (Fsp3) is 0.571. The molecule has 0 aromatic heterocycles. The Balaban J connectivity index is 2.18. The second kappa shape index (κ2) is 4.54. The molecular weight excluding hydrogens is 201 g/mol. The maximum absolute atomic E-state index is 13.2. The van der Waals surface area contributed by atoms with Gasteiger partial charge in [-0.15, -0.1) is 0 Å². The Labute approximate surface area is 97.1 Å². The number of nitrogens with one attached hydrogen (secondary N) is 1. The molecule has 1 N–H and O–H groups in total. The molecular formula is C14H20FN. The molecule has 1 aliphatic rings. The van der Waals surface area contributed by atoms with Crippen LogP contribution in [-0.4, -0.2) is 6.54 Å². The number of rotatable bonds is 5. The van der Waals surface area contributed by atoms with Crippen LogP contribution < -0.4 is 5.32 Å². The van der Waals surface area contributed by atoms with Crippen LogP contribution in [0.1, 0.15) is 44.7 Å². The molecule has 1 atom stereocenters. The van der Waals surface area contributed by atoms with Crippen LogP contribution in [-0.2, 0) is 0 Å². The molecule has 2 rings (SSSR count). The molecule has 1 aromatic carbocycles. The molecule has 1 nitrogen and oxygen atoms in total. The highest BCUT2D eigenvalue weighted by Crippen LogP contribution is 2.54. The van der Waals surface area contributed by atoms with Crippen molar-refractivity contribution in [1.29, 1.82) is 0 Å². The van der Waals surface area contributed by atoms with Gasteiger partial charge in [0.05, 0.1) is 0 Å². The normalized spacial score (nSPS) is 19.4. The van der Waals surface area contributed by atoms with E-state index in [2.05, 4.69) is 19.2 Å². The van der Waals surface area contributed by atoms with Gasteiger partial charge in [-0.25, -0.2) is 4.39 Å². The van der Waals surface area contributed by atoms with Crippen LogP contribution in [0.3, 0.4) is 0 Å². The molecule has 0 spiro atoms. The summed E-state index contributed by atoms with van der Waals surface area (Å²) in [6.07, 6.45) is 3.59. The second-order valence-electron chi connectivity index (χ2n) is 5.10. The number of halogens is 1. The minimum Gasteiger partial charge on any atom is -0.309 e. The van der Waals surface area contributed by atoms with Crippen LogP contribution >= 0.6 is 0 Å². The zero-order valence-electron chi connectivity index (χ0n) is 10.1. The van der Waals surface area contributed by atoms with Gasteiger partial charge >= 0.3 is 0 Å². The maximum atomic E-state index is 13.2. The van der Waals surface area contributed by atoms with Crippen LogP contribution in [0.25, 0.3) is 0 Å². The van der Waals surface area contributed by atoms with Crippen molar-refractivity contribution in [3.63, 3.8) is 0 Å². The Morgan fingerprint density at radius 2 is 2.19 bits per heavy atom. The Morgan fingerprint density at radius 3 is 2.75 bits per heavy atom. The molecule has 0 saturated heterocycles. The lowest BCUT2D eigenvalue weighted by atomic mass is 9.91. The van der Waals surface area contributed by atoms with E-state index >= 15 is 0 Å². The minimum atomic E-state index is -0.134. The van der Waals surface area contributed by atoms with Gasteiger partial charge in [0.2, 0.25) is 0 Å². The van der Waals surface area contributed by atoms with Crippen molar-refractivity contribution in [2.75, 3.05) is 6.54 Å². The Hall–Kier alpha value is -0.890. The first-order valence-electron chi connectivity index (χ1n) is 6.14. The Bertz CT molecular complexity index is 358. The Morgan fingerprint density at radius 1 is 1.44 bits per heavy atom. The first kappa shape index (κ1) is 11.6. The molecule has 2 heteroatoms. The third-order valence-corrected chi connectivity index (χ3v) is 3.52. The number of benzene rings is 1. The molecule has 1 unspecified atom stereocenters. The van der Waals surface area contributed by atoms with E-state index in [1.54, 1.807) is 12.1 Å². The standard InChI is InChI=1S/C14H20FN/c1-3-9-16-13(14(2)7-8-14)11-5-4-6-12(15)10-11/h4-6,10,13,16H,3,7-9H2,1-2H3. The second-order valence-corrected chi connectivity index (χ2v) is 5.10. The minimum absolute atomic E-state index is 0.134. The van der Waals surface area contributed by atoms with Gasteiger partial charge in [-0.2, -0.15) is 0 Å². The van der Waals surface area contributed by atoms with Crippen molar-refractivity contribution in [3.8, 4) is 0 Å². The molecule has 16 heavy (non-hydrogen) atoms. The van der Waals surface area contributed by atoms with Crippen molar-refractivity contribution in [1.82, 2.24) is 5.32 Å². The molecule has 88 valence electrons. The molecule has 1 aromatic rings. The lowest BCUT2D eigenvalue weighted by Crippen LogP contribution is -2.28. The zero-order valence-corrected chi connectivity index (χ0v) is 10.1. The van der Waals surface area contributed by atoms with E-state index in [0.29, 0.717) is 11.5 Å². The number of hydrogen-bond acceptors (Lipinski definition) is 1. The van der Waals surface area contributed by atoms with Gasteiger partial charge in [0.1, 0.15) is 5.82 Å². The molecule has 1 aliphatic carbocycles. The quantitative estimate of drug-likeness (QED) is 0.800. The van der Waals surface area contributed by atoms with Crippen LogP contribution in [0, 0.1) is 11.2 Å². The fourth-order valence-corrected chi connectivity index (χ4v) is 2.23. The highest BCUT2D eigenvalue weighted by molar-refractivity contribution is 5.24. The summed E-state index contributed by atoms with van der Waals surface area (Å²) in [4.78, 5) is 0. The van der Waals surface area contributed by atoms with Gasteiger partial charge < -0.3 is 5.32 Å². The Kier molecular flexibility index (Phi) is 3.29. The van der Waals surface area contributed by atoms with Crippen LogP contribution in [0.5, 0.6) is 0 Å². The van der Waals surface area contributed by atoms with Gasteiger partial charge in [0, 0.05) is 6.04 Å². The molecule has 0 aliphatic heterocycles. The van der Waals surface area contributed by atoms with E-state index in [-0.39, 0.29) is 5.82 Å². The first-order chi connectivity index (χ1) is 7.65. The molecule has 0 bridgehead atoms. The first-order valence-corrected chi connectivity index (χ1v) is 6.14. The van der Waals surface area contributed by atoms with Crippen molar-refractivity contribution in [2.24, 2.45) is 5.41 Å². The SMILES string of the molecule is CCCNC(c1cccc(F)c1)C1(C)CC1. The molecule has 0 amide bonds. The van der Waals surface area contributed by atoms with Gasteiger partial charge in [0.25, 0.3) is 0 Å². The third kappa shape index (κ3) is 2.43. The zero-order chi connectivity index (χ0) is 11.6. The van der Waals surface area contributed by atoms with Crippen LogP contribution in [0.15, 0.2) is 24.3 Å². The summed E-state index contributed by atoms with van der Waals surface area (Å²) in [7, 11) is 0. The van der Waals surface area contributed by atoms with Gasteiger partial charge in [-0.05, 0) is 48.9 Å².